The summed E-state index contributed by atoms with van der Waals surface area (Å²) in [5.41, 5.74) is 3.37. The van der Waals surface area contributed by atoms with E-state index in [1.54, 1.807) is 0 Å². The summed E-state index contributed by atoms with van der Waals surface area (Å²) < 4.78 is 0. The van der Waals surface area contributed by atoms with Crippen molar-refractivity contribution < 1.29 is 9.90 Å². The molecule has 0 spiro atoms. The van der Waals surface area contributed by atoms with Crippen molar-refractivity contribution >= 4 is 28.4 Å². The van der Waals surface area contributed by atoms with Crippen molar-refractivity contribution in [3.8, 4) is 11.1 Å². The van der Waals surface area contributed by atoms with Gasteiger partial charge in [-0.15, -0.1) is 0 Å². The first-order chi connectivity index (χ1) is 12.7. The van der Waals surface area contributed by atoms with Crippen molar-refractivity contribution in [3.05, 3.63) is 59.2 Å². The molecule has 1 atom stereocenters. The summed E-state index contributed by atoms with van der Waals surface area (Å²) >= 11 is 6.22. The predicted octanol–water partition coefficient (Wildman–Crippen LogP) is 4.48. The molecule has 26 heavy (non-hydrogen) atoms. The molecule has 0 aliphatic carbocycles. The van der Waals surface area contributed by atoms with Gasteiger partial charge in [-0.1, -0.05) is 41.9 Å². The molecule has 1 aliphatic heterocycles. The number of aliphatic hydroxyl groups excluding tert-OH is 1. The third kappa shape index (κ3) is 3.00. The van der Waals surface area contributed by atoms with E-state index < -0.39 is 0 Å². The Bertz CT molecular complexity index is 936. The Labute approximate surface area is 157 Å². The zero-order valence-electron chi connectivity index (χ0n) is 14.4. The fraction of sp³-hybridized carbons (Fsp3) is 0.286. The summed E-state index contributed by atoms with van der Waals surface area (Å²) in [6, 6.07) is 15.7. The highest BCUT2D eigenvalue weighted by Gasteiger charge is 2.31. The number of fused-ring (bicyclic) bond motifs is 1. The van der Waals surface area contributed by atoms with Gasteiger partial charge in [0.25, 0.3) is 5.91 Å². The van der Waals surface area contributed by atoms with E-state index in [4.69, 9.17) is 11.6 Å². The van der Waals surface area contributed by atoms with Gasteiger partial charge in [0.1, 0.15) is 5.69 Å². The molecule has 0 bridgehead atoms. The number of hydrogen-bond acceptors (Lipinski definition) is 2. The number of likely N-dealkylation sites (tertiary alicyclic amines) is 1. The molecule has 0 saturated carbocycles. The number of nitrogens with zero attached hydrogens (tertiary/aromatic N) is 1. The molecule has 1 aliphatic rings. The van der Waals surface area contributed by atoms with Crippen molar-refractivity contribution in [3.63, 3.8) is 0 Å². The Balaban J connectivity index is 1.85. The van der Waals surface area contributed by atoms with Crippen LogP contribution in [0.3, 0.4) is 0 Å². The number of rotatable bonds is 4. The van der Waals surface area contributed by atoms with Gasteiger partial charge in [0.05, 0.1) is 0 Å². The number of aromatic amines is 1. The lowest BCUT2D eigenvalue weighted by atomic mass is 10.0. The number of aliphatic hydroxyl groups is 1. The van der Waals surface area contributed by atoms with Crippen LogP contribution >= 0.6 is 11.6 Å². The molecule has 4 rings (SSSR count). The number of aromatic nitrogens is 1. The van der Waals surface area contributed by atoms with E-state index in [1.807, 2.05) is 53.4 Å². The summed E-state index contributed by atoms with van der Waals surface area (Å²) in [4.78, 5) is 18.6. The molecule has 2 N–H and O–H groups in total. The average Bonchev–Trinajstić information content (AvgIpc) is 3.26. The summed E-state index contributed by atoms with van der Waals surface area (Å²) in [5.74, 6) is -0.00729. The molecule has 2 aromatic carbocycles. The number of H-pyrrole nitrogens is 1. The number of carbonyl (C=O) groups is 1. The first kappa shape index (κ1) is 17.1. The highest BCUT2D eigenvalue weighted by molar-refractivity contribution is 6.31. The second-order valence-electron chi connectivity index (χ2n) is 6.74. The van der Waals surface area contributed by atoms with Crippen LogP contribution in [0.4, 0.5) is 0 Å². The minimum Gasteiger partial charge on any atom is -0.396 e. The molecule has 1 aromatic heterocycles. The topological polar surface area (TPSA) is 56.3 Å². The van der Waals surface area contributed by atoms with Crippen LogP contribution < -0.4 is 0 Å². The summed E-state index contributed by atoms with van der Waals surface area (Å²) in [5, 5.41) is 10.9. The normalized spacial score (nSPS) is 17.2. The van der Waals surface area contributed by atoms with Crippen LogP contribution in [0, 0.1) is 0 Å². The predicted molar refractivity (Wildman–Crippen MR) is 105 cm³/mol. The maximum Gasteiger partial charge on any atom is 0.271 e. The van der Waals surface area contributed by atoms with E-state index in [2.05, 4.69) is 4.98 Å². The first-order valence-corrected chi connectivity index (χ1v) is 9.35. The van der Waals surface area contributed by atoms with Gasteiger partial charge in [0.15, 0.2) is 0 Å². The average molecular weight is 369 g/mol. The highest BCUT2D eigenvalue weighted by Crippen LogP contribution is 2.35. The zero-order valence-corrected chi connectivity index (χ0v) is 15.2. The quantitative estimate of drug-likeness (QED) is 0.713. The number of amides is 1. The van der Waals surface area contributed by atoms with Gasteiger partial charge in [-0.2, -0.15) is 0 Å². The Hall–Kier alpha value is -2.30. The summed E-state index contributed by atoms with van der Waals surface area (Å²) in [7, 11) is 0. The second-order valence-corrected chi connectivity index (χ2v) is 7.17. The van der Waals surface area contributed by atoms with Gasteiger partial charge in [0.2, 0.25) is 0 Å². The van der Waals surface area contributed by atoms with Crippen LogP contribution in [0.1, 0.15) is 29.8 Å². The smallest absolute Gasteiger partial charge is 0.271 e. The number of carbonyl (C=O) groups excluding carboxylic acids is 1. The molecular formula is C21H21ClN2O2. The fourth-order valence-electron chi connectivity index (χ4n) is 3.93. The van der Waals surface area contributed by atoms with Gasteiger partial charge in [-0.3, -0.25) is 4.79 Å². The molecule has 1 amide bonds. The summed E-state index contributed by atoms with van der Waals surface area (Å²) in [6.07, 6.45) is 2.54. The lowest BCUT2D eigenvalue weighted by Crippen LogP contribution is -2.36. The van der Waals surface area contributed by atoms with Crippen LogP contribution in [0.5, 0.6) is 0 Å². The third-order valence-electron chi connectivity index (χ3n) is 5.14. The van der Waals surface area contributed by atoms with Gasteiger partial charge in [-0.25, -0.2) is 0 Å². The molecule has 2 heterocycles. The Morgan fingerprint density at radius 1 is 1.23 bits per heavy atom. The summed E-state index contributed by atoms with van der Waals surface area (Å²) in [6.45, 7) is 0.830. The number of benzene rings is 2. The molecular weight excluding hydrogens is 348 g/mol. The number of nitrogens with one attached hydrogen (secondary N) is 1. The zero-order chi connectivity index (χ0) is 18.1. The van der Waals surface area contributed by atoms with Crippen LogP contribution in [-0.4, -0.2) is 40.1 Å². The molecule has 5 heteroatoms. The van der Waals surface area contributed by atoms with E-state index >= 15 is 0 Å². The molecule has 1 unspecified atom stereocenters. The molecule has 1 fully saturated rings. The Kier molecular flexibility index (Phi) is 4.70. The number of hydrogen-bond donors (Lipinski definition) is 2. The van der Waals surface area contributed by atoms with Crippen molar-refractivity contribution in [2.45, 2.75) is 25.3 Å². The maximum absolute atomic E-state index is 13.4. The SMILES string of the molecule is O=C(c1[nH]c2ccc(Cl)cc2c1-c1ccccc1)N1CCCC1CCO. The van der Waals surface area contributed by atoms with Crippen molar-refractivity contribution in [1.29, 1.82) is 0 Å². The fourth-order valence-corrected chi connectivity index (χ4v) is 4.10. The van der Waals surface area contributed by atoms with Gasteiger partial charge in [0, 0.05) is 40.7 Å². The van der Waals surface area contributed by atoms with Crippen LogP contribution in [0.2, 0.25) is 5.02 Å². The second kappa shape index (κ2) is 7.14. The Morgan fingerprint density at radius 2 is 2.04 bits per heavy atom. The van der Waals surface area contributed by atoms with E-state index in [0.29, 0.717) is 17.1 Å². The van der Waals surface area contributed by atoms with Crippen molar-refractivity contribution in [2.24, 2.45) is 0 Å². The van der Waals surface area contributed by atoms with Crippen molar-refractivity contribution in [1.82, 2.24) is 9.88 Å². The van der Waals surface area contributed by atoms with Crippen LogP contribution in [0.15, 0.2) is 48.5 Å². The molecule has 0 radical (unpaired) electrons. The standard InChI is InChI=1S/C21H21ClN2O2/c22-15-8-9-18-17(13-15)19(14-5-2-1-3-6-14)20(23-18)21(26)24-11-4-7-16(24)10-12-25/h1-3,5-6,8-9,13,16,23,25H,4,7,10-12H2. The van der Waals surface area contributed by atoms with E-state index in [-0.39, 0.29) is 18.6 Å². The van der Waals surface area contributed by atoms with Crippen LogP contribution in [0.25, 0.3) is 22.0 Å². The van der Waals surface area contributed by atoms with Gasteiger partial charge in [-0.05, 0) is 43.0 Å². The van der Waals surface area contributed by atoms with Gasteiger partial charge < -0.3 is 15.0 Å². The van der Waals surface area contributed by atoms with E-state index in [1.165, 1.54) is 0 Å². The molecule has 134 valence electrons. The van der Waals surface area contributed by atoms with Crippen molar-refractivity contribution in [2.75, 3.05) is 13.2 Å². The third-order valence-corrected chi connectivity index (χ3v) is 5.37. The molecule has 4 nitrogen and oxygen atoms in total. The lowest BCUT2D eigenvalue weighted by Gasteiger charge is -2.24. The lowest BCUT2D eigenvalue weighted by molar-refractivity contribution is 0.0712. The van der Waals surface area contributed by atoms with E-state index in [9.17, 15) is 9.90 Å². The van der Waals surface area contributed by atoms with Gasteiger partial charge >= 0.3 is 0 Å². The minimum atomic E-state index is -0.00729. The largest absolute Gasteiger partial charge is 0.396 e. The Morgan fingerprint density at radius 3 is 2.81 bits per heavy atom. The van der Waals surface area contributed by atoms with Crippen LogP contribution in [-0.2, 0) is 0 Å². The maximum atomic E-state index is 13.4. The molecule has 1 saturated heterocycles. The minimum absolute atomic E-state index is 0.00729. The first-order valence-electron chi connectivity index (χ1n) is 8.97. The van der Waals surface area contributed by atoms with E-state index in [0.717, 1.165) is 41.4 Å². The molecule has 3 aromatic rings. The monoisotopic (exact) mass is 368 g/mol. The highest BCUT2D eigenvalue weighted by atomic mass is 35.5. The number of halogens is 1.